The second-order valence-electron chi connectivity index (χ2n) is 5.61. The molecule has 1 heterocycles. The van der Waals surface area contributed by atoms with Crippen LogP contribution in [-0.2, 0) is 16.0 Å². The van der Waals surface area contributed by atoms with E-state index < -0.39 is 5.54 Å². The summed E-state index contributed by atoms with van der Waals surface area (Å²) in [5.41, 5.74) is 0.544. The van der Waals surface area contributed by atoms with Gasteiger partial charge in [0, 0.05) is 19.5 Å². The second-order valence-corrected chi connectivity index (χ2v) is 5.61. The van der Waals surface area contributed by atoms with Crippen molar-refractivity contribution >= 4 is 5.78 Å². The first-order valence-corrected chi connectivity index (χ1v) is 7.03. The van der Waals surface area contributed by atoms with Crippen LogP contribution in [0.4, 0.5) is 0 Å². The van der Waals surface area contributed by atoms with Crippen LogP contribution in [0.3, 0.4) is 0 Å². The normalized spacial score (nSPS) is 16.9. The molecule has 4 nitrogen and oxygen atoms in total. The molecule has 0 amide bonds. The molecule has 1 aromatic rings. The molecule has 1 saturated heterocycles. The smallest absolute Gasteiger partial charge is 0.156 e. The number of nitrogens with zero attached hydrogens (tertiary/aromatic N) is 1. The number of morpholine rings is 1. The molecule has 0 unspecified atom stereocenters. The van der Waals surface area contributed by atoms with E-state index in [2.05, 4.69) is 4.90 Å². The summed E-state index contributed by atoms with van der Waals surface area (Å²) in [7, 11) is 1.64. The first kappa shape index (κ1) is 15.0. The quantitative estimate of drug-likeness (QED) is 0.824. The highest BCUT2D eigenvalue weighted by Crippen LogP contribution is 2.21. The molecule has 0 aromatic heterocycles. The summed E-state index contributed by atoms with van der Waals surface area (Å²) in [5.74, 6) is 1.02. The van der Waals surface area contributed by atoms with E-state index >= 15 is 0 Å². The Morgan fingerprint density at radius 2 is 2.05 bits per heavy atom. The van der Waals surface area contributed by atoms with Gasteiger partial charge in [-0.25, -0.2) is 0 Å². The largest absolute Gasteiger partial charge is 0.497 e. The van der Waals surface area contributed by atoms with E-state index in [4.69, 9.17) is 9.47 Å². The van der Waals surface area contributed by atoms with Gasteiger partial charge in [0.1, 0.15) is 5.75 Å². The topological polar surface area (TPSA) is 38.8 Å². The molecular weight excluding hydrogens is 254 g/mol. The first-order valence-electron chi connectivity index (χ1n) is 7.03. The molecule has 0 aliphatic carbocycles. The number of Topliss-reactive ketones (excluding diaryl/α,β-unsaturated/α-hetero) is 1. The molecule has 110 valence electrons. The minimum Gasteiger partial charge on any atom is -0.497 e. The Bertz CT molecular complexity index is 465. The van der Waals surface area contributed by atoms with Crippen molar-refractivity contribution in [1.29, 1.82) is 0 Å². The van der Waals surface area contributed by atoms with Crippen LogP contribution in [0.25, 0.3) is 0 Å². The van der Waals surface area contributed by atoms with E-state index in [1.165, 1.54) is 0 Å². The average molecular weight is 277 g/mol. The maximum absolute atomic E-state index is 12.6. The number of carbonyl (C=O) groups is 1. The second kappa shape index (κ2) is 6.37. The lowest BCUT2D eigenvalue weighted by Gasteiger charge is -2.39. The Hall–Kier alpha value is -1.39. The van der Waals surface area contributed by atoms with Crippen molar-refractivity contribution in [3.8, 4) is 5.75 Å². The van der Waals surface area contributed by atoms with Gasteiger partial charge < -0.3 is 9.47 Å². The summed E-state index contributed by atoms with van der Waals surface area (Å²) >= 11 is 0. The molecule has 1 aromatic carbocycles. The van der Waals surface area contributed by atoms with Crippen molar-refractivity contribution in [1.82, 2.24) is 4.90 Å². The zero-order valence-electron chi connectivity index (χ0n) is 12.5. The molecule has 0 bridgehead atoms. The van der Waals surface area contributed by atoms with E-state index in [0.29, 0.717) is 19.6 Å². The van der Waals surface area contributed by atoms with Crippen LogP contribution < -0.4 is 4.74 Å². The highest BCUT2D eigenvalue weighted by atomic mass is 16.5. The van der Waals surface area contributed by atoms with Crippen LogP contribution in [0.15, 0.2) is 24.3 Å². The van der Waals surface area contributed by atoms with E-state index in [0.717, 1.165) is 24.4 Å². The highest BCUT2D eigenvalue weighted by molar-refractivity contribution is 5.89. The number of ether oxygens (including phenoxy) is 2. The number of carbonyl (C=O) groups excluding carboxylic acids is 1. The molecule has 2 rings (SSSR count). The van der Waals surface area contributed by atoms with E-state index in [-0.39, 0.29) is 5.78 Å². The van der Waals surface area contributed by atoms with Crippen LogP contribution in [0, 0.1) is 0 Å². The van der Waals surface area contributed by atoms with Gasteiger partial charge in [-0.3, -0.25) is 9.69 Å². The predicted octanol–water partition coefficient (Wildman–Crippen LogP) is 1.92. The zero-order valence-corrected chi connectivity index (χ0v) is 12.5. The van der Waals surface area contributed by atoms with E-state index in [1.807, 2.05) is 38.1 Å². The minimum absolute atomic E-state index is 0.229. The van der Waals surface area contributed by atoms with Gasteiger partial charge in [0.05, 0.1) is 25.9 Å². The molecule has 1 aliphatic heterocycles. The van der Waals surface area contributed by atoms with Crippen LogP contribution in [0.1, 0.15) is 19.4 Å². The molecule has 0 saturated carbocycles. The maximum atomic E-state index is 12.6. The van der Waals surface area contributed by atoms with Crippen molar-refractivity contribution in [2.45, 2.75) is 25.8 Å². The van der Waals surface area contributed by atoms with Gasteiger partial charge in [-0.05, 0) is 31.5 Å². The molecule has 4 heteroatoms. The van der Waals surface area contributed by atoms with Crippen LogP contribution in [0.2, 0.25) is 0 Å². The van der Waals surface area contributed by atoms with Crippen molar-refractivity contribution in [2.24, 2.45) is 0 Å². The lowest BCUT2D eigenvalue weighted by atomic mass is 9.91. The molecule has 0 spiro atoms. The lowest BCUT2D eigenvalue weighted by molar-refractivity contribution is -0.131. The summed E-state index contributed by atoms with van der Waals surface area (Å²) in [5, 5.41) is 0. The minimum atomic E-state index is -0.452. The fourth-order valence-electron chi connectivity index (χ4n) is 2.48. The standard InChI is InChI=1S/C16H23NO3/c1-16(2,17-7-9-20-10-8-17)15(18)12-13-5-4-6-14(11-13)19-3/h4-6,11H,7-10,12H2,1-3H3. The lowest BCUT2D eigenvalue weighted by Crippen LogP contribution is -2.54. The molecular formula is C16H23NO3. The fourth-order valence-corrected chi connectivity index (χ4v) is 2.48. The number of ketones is 1. The van der Waals surface area contributed by atoms with Gasteiger partial charge in [-0.1, -0.05) is 12.1 Å². The Labute approximate surface area is 120 Å². The van der Waals surface area contributed by atoms with Crippen LogP contribution >= 0.6 is 0 Å². The molecule has 1 aliphatic rings. The van der Waals surface area contributed by atoms with Gasteiger partial charge in [0.2, 0.25) is 0 Å². The maximum Gasteiger partial charge on any atom is 0.156 e. The summed E-state index contributed by atoms with van der Waals surface area (Å²) < 4.78 is 10.6. The molecule has 0 N–H and O–H groups in total. The molecule has 1 fully saturated rings. The third kappa shape index (κ3) is 3.38. The monoisotopic (exact) mass is 277 g/mol. The third-order valence-corrected chi connectivity index (χ3v) is 3.98. The Kier molecular flexibility index (Phi) is 4.78. The van der Waals surface area contributed by atoms with Gasteiger partial charge >= 0.3 is 0 Å². The third-order valence-electron chi connectivity index (χ3n) is 3.98. The number of hydrogen-bond donors (Lipinski definition) is 0. The Morgan fingerprint density at radius 1 is 1.35 bits per heavy atom. The van der Waals surface area contributed by atoms with Crippen LogP contribution in [0.5, 0.6) is 5.75 Å². The van der Waals surface area contributed by atoms with E-state index in [9.17, 15) is 4.79 Å². The van der Waals surface area contributed by atoms with Gasteiger partial charge in [0.15, 0.2) is 5.78 Å². The fraction of sp³-hybridized carbons (Fsp3) is 0.562. The summed E-state index contributed by atoms with van der Waals surface area (Å²) in [6, 6.07) is 7.70. The van der Waals surface area contributed by atoms with E-state index in [1.54, 1.807) is 7.11 Å². The number of rotatable bonds is 5. The first-order chi connectivity index (χ1) is 9.54. The average Bonchev–Trinajstić information content (AvgIpc) is 2.48. The van der Waals surface area contributed by atoms with Crippen molar-refractivity contribution < 1.29 is 14.3 Å². The predicted molar refractivity (Wildman–Crippen MR) is 78.2 cm³/mol. The number of methoxy groups -OCH3 is 1. The summed E-state index contributed by atoms with van der Waals surface area (Å²) in [6.45, 7) is 7.04. The Balaban J connectivity index is 2.05. The van der Waals surface area contributed by atoms with Crippen molar-refractivity contribution in [2.75, 3.05) is 33.4 Å². The SMILES string of the molecule is COc1cccc(CC(=O)C(C)(C)N2CCOCC2)c1. The van der Waals surface area contributed by atoms with Crippen molar-refractivity contribution in [3.63, 3.8) is 0 Å². The van der Waals surface area contributed by atoms with Gasteiger partial charge in [-0.15, -0.1) is 0 Å². The van der Waals surface area contributed by atoms with Gasteiger partial charge in [-0.2, -0.15) is 0 Å². The summed E-state index contributed by atoms with van der Waals surface area (Å²) in [6.07, 6.45) is 0.432. The zero-order chi connectivity index (χ0) is 14.6. The Morgan fingerprint density at radius 3 is 2.70 bits per heavy atom. The molecule has 0 atom stereocenters. The van der Waals surface area contributed by atoms with Crippen LogP contribution in [-0.4, -0.2) is 49.6 Å². The number of hydrogen-bond acceptors (Lipinski definition) is 4. The summed E-state index contributed by atoms with van der Waals surface area (Å²) in [4.78, 5) is 14.8. The molecule has 0 radical (unpaired) electrons. The van der Waals surface area contributed by atoms with Crippen molar-refractivity contribution in [3.05, 3.63) is 29.8 Å². The highest BCUT2D eigenvalue weighted by Gasteiger charge is 2.34. The number of benzene rings is 1. The molecule has 20 heavy (non-hydrogen) atoms. The van der Waals surface area contributed by atoms with Gasteiger partial charge in [0.25, 0.3) is 0 Å².